The second-order valence-electron chi connectivity index (χ2n) is 6.09. The Morgan fingerprint density at radius 2 is 2.10 bits per heavy atom. The lowest BCUT2D eigenvalue weighted by atomic mass is 9.92. The molecule has 1 aromatic carbocycles. The van der Waals surface area contributed by atoms with Crippen LogP contribution >= 0.6 is 0 Å². The fourth-order valence-electron chi connectivity index (χ4n) is 2.22. The van der Waals surface area contributed by atoms with Crippen LogP contribution in [0.5, 0.6) is 5.75 Å². The zero-order chi connectivity index (χ0) is 14.9. The predicted molar refractivity (Wildman–Crippen MR) is 77.7 cm³/mol. The lowest BCUT2D eigenvalue weighted by Crippen LogP contribution is -2.48. The van der Waals surface area contributed by atoms with Gasteiger partial charge in [0.1, 0.15) is 5.75 Å². The van der Waals surface area contributed by atoms with Gasteiger partial charge in [0, 0.05) is 18.0 Å². The van der Waals surface area contributed by atoms with Crippen molar-refractivity contribution in [2.24, 2.45) is 5.92 Å². The molecule has 1 aliphatic rings. The highest BCUT2D eigenvalue weighted by atomic mass is 16.5. The summed E-state index contributed by atoms with van der Waals surface area (Å²) < 4.78 is 5.71. The maximum Gasteiger partial charge on any atom is 0.261 e. The van der Waals surface area contributed by atoms with Crippen LogP contribution in [-0.4, -0.2) is 29.3 Å². The lowest BCUT2D eigenvalue weighted by Gasteiger charge is -2.28. The lowest BCUT2D eigenvalue weighted by molar-refractivity contribution is -0.129. The average molecular weight is 277 g/mol. The first kappa shape index (κ1) is 14.9. The molecule has 0 aromatic heterocycles. The molecular weight excluding hydrogens is 254 g/mol. The van der Waals surface area contributed by atoms with E-state index < -0.39 is 11.7 Å². The van der Waals surface area contributed by atoms with Gasteiger partial charge in [-0.1, -0.05) is 39.0 Å². The molecule has 2 rings (SSSR count). The molecule has 0 saturated carbocycles. The first-order chi connectivity index (χ1) is 9.33. The monoisotopic (exact) mass is 277 g/mol. The number of para-hydroxylation sites is 1. The second-order valence-corrected chi connectivity index (χ2v) is 6.09. The molecule has 0 fully saturated rings. The van der Waals surface area contributed by atoms with Crippen LogP contribution in [-0.2, 0) is 4.79 Å². The van der Waals surface area contributed by atoms with Crippen molar-refractivity contribution in [3.63, 3.8) is 0 Å². The Hall–Kier alpha value is -1.55. The van der Waals surface area contributed by atoms with Gasteiger partial charge in [-0.3, -0.25) is 4.79 Å². The molecule has 1 aliphatic heterocycles. The van der Waals surface area contributed by atoms with Crippen molar-refractivity contribution >= 4 is 5.91 Å². The molecule has 0 aliphatic carbocycles. The number of hydrogen-bond acceptors (Lipinski definition) is 3. The van der Waals surface area contributed by atoms with Crippen LogP contribution in [0, 0.1) is 5.92 Å². The molecule has 0 bridgehead atoms. The average Bonchev–Trinajstić information content (AvgIpc) is 2.74. The molecule has 4 heteroatoms. The third kappa shape index (κ3) is 2.80. The van der Waals surface area contributed by atoms with Gasteiger partial charge in [-0.15, -0.1) is 0 Å². The molecule has 2 N–H and O–H groups in total. The zero-order valence-electron chi connectivity index (χ0n) is 12.5. The van der Waals surface area contributed by atoms with Crippen molar-refractivity contribution < 1.29 is 14.6 Å². The normalized spacial score (nSPS) is 23.9. The van der Waals surface area contributed by atoms with Crippen LogP contribution < -0.4 is 10.1 Å². The minimum atomic E-state index is -0.912. The molecular formula is C16H23NO3. The molecule has 1 heterocycles. The van der Waals surface area contributed by atoms with Crippen LogP contribution in [0.4, 0.5) is 0 Å². The number of nitrogens with one attached hydrogen (secondary N) is 1. The summed E-state index contributed by atoms with van der Waals surface area (Å²) in [6, 6.07) is 7.71. The summed E-state index contributed by atoms with van der Waals surface area (Å²) in [7, 11) is 0. The summed E-state index contributed by atoms with van der Waals surface area (Å²) in [5.74, 6) is 0.697. The standard InChI is InChI=1S/C16H23NO3/c1-10(2)16(4,19)9-17-15(18)14-11(3)12-7-5-6-8-13(12)20-14/h5-8,10-11,14,19H,9H2,1-4H3,(H,17,18). The van der Waals surface area contributed by atoms with Crippen molar-refractivity contribution in [2.75, 3.05) is 6.54 Å². The van der Waals surface area contributed by atoms with Gasteiger partial charge in [0.05, 0.1) is 5.60 Å². The molecule has 1 amide bonds. The fraction of sp³-hybridized carbons (Fsp3) is 0.562. The van der Waals surface area contributed by atoms with E-state index in [4.69, 9.17) is 4.74 Å². The fourth-order valence-corrected chi connectivity index (χ4v) is 2.22. The summed E-state index contributed by atoms with van der Waals surface area (Å²) in [6.45, 7) is 7.79. The maximum atomic E-state index is 12.2. The highest BCUT2D eigenvalue weighted by Gasteiger charge is 2.37. The molecule has 20 heavy (non-hydrogen) atoms. The van der Waals surface area contributed by atoms with Gasteiger partial charge in [-0.05, 0) is 18.9 Å². The van der Waals surface area contributed by atoms with Gasteiger partial charge in [0.2, 0.25) is 0 Å². The third-order valence-corrected chi connectivity index (χ3v) is 4.24. The van der Waals surface area contributed by atoms with E-state index in [2.05, 4.69) is 5.32 Å². The molecule has 3 unspecified atom stereocenters. The molecule has 0 radical (unpaired) electrons. The SMILES string of the molecule is CC1c2ccccc2OC1C(=O)NCC(C)(O)C(C)C. The van der Waals surface area contributed by atoms with Gasteiger partial charge < -0.3 is 15.2 Å². The number of fused-ring (bicyclic) bond motifs is 1. The van der Waals surface area contributed by atoms with Crippen LogP contribution in [0.25, 0.3) is 0 Å². The highest BCUT2D eigenvalue weighted by Crippen LogP contribution is 2.37. The number of benzene rings is 1. The Morgan fingerprint density at radius 3 is 2.70 bits per heavy atom. The van der Waals surface area contributed by atoms with Gasteiger partial charge in [0.15, 0.2) is 6.10 Å². The topological polar surface area (TPSA) is 58.6 Å². The minimum absolute atomic E-state index is 0.0233. The Bertz CT molecular complexity index is 496. The summed E-state index contributed by atoms with van der Waals surface area (Å²) in [4.78, 5) is 12.2. The quantitative estimate of drug-likeness (QED) is 0.886. The minimum Gasteiger partial charge on any atom is -0.480 e. The van der Waals surface area contributed by atoms with Gasteiger partial charge in [-0.25, -0.2) is 0 Å². The molecule has 0 spiro atoms. The molecule has 0 saturated heterocycles. The Balaban J connectivity index is 1.99. The first-order valence-electron chi connectivity index (χ1n) is 7.08. The Kier molecular flexibility index (Phi) is 4.04. The number of hydrogen-bond donors (Lipinski definition) is 2. The molecule has 1 aromatic rings. The first-order valence-corrected chi connectivity index (χ1v) is 7.08. The predicted octanol–water partition coefficient (Wildman–Crippen LogP) is 2.07. The van der Waals surface area contributed by atoms with Crippen LogP contribution in [0.2, 0.25) is 0 Å². The Labute approximate surface area is 120 Å². The molecule has 4 nitrogen and oxygen atoms in total. The molecule has 3 atom stereocenters. The van der Waals surface area contributed by atoms with E-state index in [9.17, 15) is 9.90 Å². The number of rotatable bonds is 4. The summed E-state index contributed by atoms with van der Waals surface area (Å²) >= 11 is 0. The smallest absolute Gasteiger partial charge is 0.261 e. The summed E-state index contributed by atoms with van der Waals surface area (Å²) in [5.41, 5.74) is 0.146. The van der Waals surface area contributed by atoms with Gasteiger partial charge in [0.25, 0.3) is 5.91 Å². The molecule has 110 valence electrons. The number of aliphatic hydroxyl groups is 1. The van der Waals surface area contributed by atoms with E-state index in [1.54, 1.807) is 6.92 Å². The van der Waals surface area contributed by atoms with Crippen molar-refractivity contribution in [3.05, 3.63) is 29.8 Å². The van der Waals surface area contributed by atoms with E-state index in [1.807, 2.05) is 45.0 Å². The van der Waals surface area contributed by atoms with Crippen molar-refractivity contribution in [1.82, 2.24) is 5.32 Å². The van der Waals surface area contributed by atoms with Crippen molar-refractivity contribution in [3.8, 4) is 5.75 Å². The second kappa shape index (κ2) is 5.44. The summed E-state index contributed by atoms with van der Waals surface area (Å²) in [6.07, 6.45) is -0.518. The number of carbonyl (C=O) groups is 1. The van der Waals surface area contributed by atoms with Crippen LogP contribution in [0.3, 0.4) is 0 Å². The van der Waals surface area contributed by atoms with Crippen LogP contribution in [0.1, 0.15) is 39.2 Å². The third-order valence-electron chi connectivity index (χ3n) is 4.24. The van der Waals surface area contributed by atoms with Crippen molar-refractivity contribution in [1.29, 1.82) is 0 Å². The van der Waals surface area contributed by atoms with Gasteiger partial charge >= 0.3 is 0 Å². The van der Waals surface area contributed by atoms with E-state index in [0.717, 1.165) is 11.3 Å². The van der Waals surface area contributed by atoms with E-state index in [0.29, 0.717) is 0 Å². The van der Waals surface area contributed by atoms with E-state index >= 15 is 0 Å². The Morgan fingerprint density at radius 1 is 1.45 bits per heavy atom. The maximum absolute atomic E-state index is 12.2. The largest absolute Gasteiger partial charge is 0.480 e. The van der Waals surface area contributed by atoms with Crippen molar-refractivity contribution in [2.45, 2.75) is 45.3 Å². The summed E-state index contributed by atoms with van der Waals surface area (Å²) in [5, 5.41) is 13.0. The number of ether oxygens (including phenoxy) is 1. The van der Waals surface area contributed by atoms with Gasteiger partial charge in [-0.2, -0.15) is 0 Å². The highest BCUT2D eigenvalue weighted by molar-refractivity contribution is 5.83. The zero-order valence-corrected chi connectivity index (χ0v) is 12.5. The van der Waals surface area contributed by atoms with E-state index in [-0.39, 0.29) is 24.3 Å². The van der Waals surface area contributed by atoms with Crippen LogP contribution in [0.15, 0.2) is 24.3 Å². The number of amides is 1. The van der Waals surface area contributed by atoms with E-state index in [1.165, 1.54) is 0 Å². The number of carbonyl (C=O) groups excluding carboxylic acids is 1.